The van der Waals surface area contributed by atoms with Gasteiger partial charge in [-0.2, -0.15) is 0 Å². The summed E-state index contributed by atoms with van der Waals surface area (Å²) in [4.78, 5) is 2.57. The summed E-state index contributed by atoms with van der Waals surface area (Å²) in [7, 11) is 0. The fraction of sp³-hybridized carbons (Fsp3) is 1.00. The first-order chi connectivity index (χ1) is 5.35. The van der Waals surface area contributed by atoms with Crippen molar-refractivity contribution in [3.63, 3.8) is 0 Å². The molecule has 11 heavy (non-hydrogen) atoms. The molecule has 1 N–H and O–H groups in total. The second-order valence-electron chi connectivity index (χ2n) is 4.06. The molecule has 0 unspecified atom stereocenters. The van der Waals surface area contributed by atoms with Crippen molar-refractivity contribution in [2.45, 2.75) is 19.8 Å². The molecular weight excluding hydrogens is 136 g/mol. The SMILES string of the molecule is CCNCCN1CC2(CC2)C1. The maximum Gasteiger partial charge on any atom is 0.0107 e. The molecule has 2 heteroatoms. The zero-order chi connectivity index (χ0) is 7.73. The fourth-order valence-corrected chi connectivity index (χ4v) is 1.97. The highest BCUT2D eigenvalue weighted by molar-refractivity contribution is 5.05. The van der Waals surface area contributed by atoms with E-state index in [9.17, 15) is 0 Å². The minimum atomic E-state index is 0.839. The van der Waals surface area contributed by atoms with Crippen LogP contribution in [0, 0.1) is 5.41 Å². The molecule has 1 spiro atoms. The lowest BCUT2D eigenvalue weighted by Gasteiger charge is -2.40. The summed E-state index contributed by atoms with van der Waals surface area (Å²) < 4.78 is 0. The minimum absolute atomic E-state index is 0.839. The van der Waals surface area contributed by atoms with Crippen molar-refractivity contribution in [2.75, 3.05) is 32.7 Å². The molecule has 0 radical (unpaired) electrons. The maximum absolute atomic E-state index is 3.35. The van der Waals surface area contributed by atoms with Gasteiger partial charge in [-0.1, -0.05) is 6.92 Å². The molecule has 2 nitrogen and oxygen atoms in total. The highest BCUT2D eigenvalue weighted by Crippen LogP contribution is 2.52. The van der Waals surface area contributed by atoms with Crippen molar-refractivity contribution < 1.29 is 0 Å². The lowest BCUT2D eigenvalue weighted by atomic mass is 9.97. The number of hydrogen-bond acceptors (Lipinski definition) is 2. The zero-order valence-corrected chi connectivity index (χ0v) is 7.40. The monoisotopic (exact) mass is 154 g/mol. The number of rotatable bonds is 4. The Morgan fingerprint density at radius 3 is 2.64 bits per heavy atom. The van der Waals surface area contributed by atoms with Crippen molar-refractivity contribution in [3.05, 3.63) is 0 Å². The average molecular weight is 154 g/mol. The van der Waals surface area contributed by atoms with Gasteiger partial charge in [-0.05, 0) is 24.8 Å². The molecule has 1 aliphatic carbocycles. The summed E-state index contributed by atoms with van der Waals surface area (Å²) >= 11 is 0. The van der Waals surface area contributed by atoms with E-state index in [1.807, 2.05) is 0 Å². The summed E-state index contributed by atoms with van der Waals surface area (Å²) in [6.45, 7) is 8.48. The third kappa shape index (κ3) is 1.57. The van der Waals surface area contributed by atoms with Crippen LogP contribution in [0.15, 0.2) is 0 Å². The molecule has 0 aromatic carbocycles. The summed E-state index contributed by atoms with van der Waals surface area (Å²) in [5.74, 6) is 0. The molecule has 0 aromatic rings. The largest absolute Gasteiger partial charge is 0.316 e. The third-order valence-corrected chi connectivity index (χ3v) is 2.93. The van der Waals surface area contributed by atoms with Gasteiger partial charge in [0, 0.05) is 26.2 Å². The number of likely N-dealkylation sites (tertiary alicyclic amines) is 1. The second-order valence-corrected chi connectivity index (χ2v) is 4.06. The lowest BCUT2D eigenvalue weighted by molar-refractivity contribution is 0.0833. The van der Waals surface area contributed by atoms with E-state index in [2.05, 4.69) is 17.1 Å². The van der Waals surface area contributed by atoms with E-state index in [4.69, 9.17) is 0 Å². The zero-order valence-electron chi connectivity index (χ0n) is 7.40. The Kier molecular flexibility index (Phi) is 1.90. The van der Waals surface area contributed by atoms with Crippen molar-refractivity contribution in [2.24, 2.45) is 5.41 Å². The average Bonchev–Trinajstić information content (AvgIpc) is 2.66. The van der Waals surface area contributed by atoms with Gasteiger partial charge in [0.2, 0.25) is 0 Å². The van der Waals surface area contributed by atoms with Gasteiger partial charge in [0.15, 0.2) is 0 Å². The summed E-state index contributed by atoms with van der Waals surface area (Å²) in [6.07, 6.45) is 3.01. The van der Waals surface area contributed by atoms with Crippen molar-refractivity contribution in [3.8, 4) is 0 Å². The molecule has 2 aliphatic rings. The highest BCUT2D eigenvalue weighted by atomic mass is 15.2. The van der Waals surface area contributed by atoms with Crippen LogP contribution in [0.1, 0.15) is 19.8 Å². The van der Waals surface area contributed by atoms with Crippen molar-refractivity contribution >= 4 is 0 Å². The van der Waals surface area contributed by atoms with Crippen LogP contribution in [0.5, 0.6) is 0 Å². The molecule has 2 fully saturated rings. The van der Waals surface area contributed by atoms with Gasteiger partial charge >= 0.3 is 0 Å². The number of hydrogen-bond donors (Lipinski definition) is 1. The van der Waals surface area contributed by atoms with Gasteiger partial charge in [0.25, 0.3) is 0 Å². The van der Waals surface area contributed by atoms with Crippen LogP contribution in [-0.4, -0.2) is 37.6 Å². The van der Waals surface area contributed by atoms with Crippen molar-refractivity contribution in [1.82, 2.24) is 10.2 Å². The first-order valence-electron chi connectivity index (χ1n) is 4.78. The second kappa shape index (κ2) is 2.76. The van der Waals surface area contributed by atoms with E-state index in [-0.39, 0.29) is 0 Å². The summed E-state index contributed by atoms with van der Waals surface area (Å²) in [6, 6.07) is 0. The molecule has 0 aromatic heterocycles. The maximum atomic E-state index is 3.35. The van der Waals surface area contributed by atoms with Gasteiger partial charge in [0.1, 0.15) is 0 Å². The number of nitrogens with one attached hydrogen (secondary N) is 1. The minimum Gasteiger partial charge on any atom is -0.316 e. The quantitative estimate of drug-likeness (QED) is 0.599. The predicted molar refractivity (Wildman–Crippen MR) is 46.7 cm³/mol. The molecule has 0 amide bonds. The van der Waals surface area contributed by atoms with E-state index < -0.39 is 0 Å². The summed E-state index contributed by atoms with van der Waals surface area (Å²) in [5, 5.41) is 3.35. The van der Waals surface area contributed by atoms with Gasteiger partial charge in [0.05, 0.1) is 0 Å². The lowest BCUT2D eigenvalue weighted by Crippen LogP contribution is -2.50. The molecule has 1 aliphatic heterocycles. The number of nitrogens with zero attached hydrogens (tertiary/aromatic N) is 1. The normalized spacial score (nSPS) is 27.0. The van der Waals surface area contributed by atoms with E-state index in [0.717, 1.165) is 12.0 Å². The highest BCUT2D eigenvalue weighted by Gasteiger charge is 2.51. The Hall–Kier alpha value is -0.0800. The molecule has 0 atom stereocenters. The number of likely N-dealkylation sites (N-methyl/N-ethyl adjacent to an activating group) is 1. The molecule has 1 saturated carbocycles. The Balaban J connectivity index is 1.53. The first kappa shape index (κ1) is 7.56. The van der Waals surface area contributed by atoms with Crippen LogP contribution in [0.2, 0.25) is 0 Å². The van der Waals surface area contributed by atoms with Crippen LogP contribution < -0.4 is 5.32 Å². The molecule has 2 rings (SSSR count). The van der Waals surface area contributed by atoms with E-state index in [1.54, 1.807) is 0 Å². The van der Waals surface area contributed by atoms with Crippen LogP contribution >= 0.6 is 0 Å². The van der Waals surface area contributed by atoms with E-state index in [1.165, 1.54) is 39.0 Å². The Morgan fingerprint density at radius 2 is 2.09 bits per heavy atom. The van der Waals surface area contributed by atoms with Crippen LogP contribution in [0.3, 0.4) is 0 Å². The van der Waals surface area contributed by atoms with Gasteiger partial charge in [-0.3, -0.25) is 0 Å². The van der Waals surface area contributed by atoms with Gasteiger partial charge in [-0.15, -0.1) is 0 Å². The standard InChI is InChI=1S/C9H18N2/c1-2-10-5-6-11-7-9(8-11)3-4-9/h10H,2-8H2,1H3. The molecule has 64 valence electrons. The molecular formula is C9H18N2. The molecule has 0 bridgehead atoms. The smallest absolute Gasteiger partial charge is 0.0107 e. The Morgan fingerprint density at radius 1 is 1.36 bits per heavy atom. The van der Waals surface area contributed by atoms with Gasteiger partial charge in [-0.25, -0.2) is 0 Å². The first-order valence-corrected chi connectivity index (χ1v) is 4.78. The topological polar surface area (TPSA) is 15.3 Å². The third-order valence-electron chi connectivity index (χ3n) is 2.93. The van der Waals surface area contributed by atoms with Crippen LogP contribution in [-0.2, 0) is 0 Å². The van der Waals surface area contributed by atoms with E-state index >= 15 is 0 Å². The van der Waals surface area contributed by atoms with E-state index in [0.29, 0.717) is 0 Å². The fourth-order valence-electron chi connectivity index (χ4n) is 1.97. The van der Waals surface area contributed by atoms with Crippen molar-refractivity contribution in [1.29, 1.82) is 0 Å². The predicted octanol–water partition coefficient (Wildman–Crippen LogP) is 0.692. The molecule has 1 saturated heterocycles. The Labute approximate surface area is 69.0 Å². The van der Waals surface area contributed by atoms with Crippen LogP contribution in [0.25, 0.3) is 0 Å². The molecule has 1 heterocycles. The van der Waals surface area contributed by atoms with Gasteiger partial charge < -0.3 is 10.2 Å². The van der Waals surface area contributed by atoms with Crippen LogP contribution in [0.4, 0.5) is 0 Å². The summed E-state index contributed by atoms with van der Waals surface area (Å²) in [5.41, 5.74) is 0.839. The Bertz CT molecular complexity index is 132.